The molecule has 11 heteroatoms. The summed E-state index contributed by atoms with van der Waals surface area (Å²) in [5.74, 6) is -0.526. The molecule has 0 unspecified atom stereocenters. The Kier molecular flexibility index (Phi) is 7.53. The summed E-state index contributed by atoms with van der Waals surface area (Å²) < 4.78 is 51.8. The van der Waals surface area contributed by atoms with E-state index in [0.717, 1.165) is 15.5 Å². The zero-order chi connectivity index (χ0) is 23.5. The fourth-order valence-corrected chi connectivity index (χ4v) is 5.84. The van der Waals surface area contributed by atoms with Gasteiger partial charge in [-0.25, -0.2) is 16.8 Å². The van der Waals surface area contributed by atoms with Gasteiger partial charge in [0.1, 0.15) is 0 Å². The van der Waals surface area contributed by atoms with Crippen molar-refractivity contribution in [2.24, 2.45) is 5.92 Å². The Hall–Kier alpha value is -2.08. The summed E-state index contributed by atoms with van der Waals surface area (Å²) in [7, 11) is -5.56. The van der Waals surface area contributed by atoms with Gasteiger partial charge in [0.25, 0.3) is 0 Å². The minimum Gasteiger partial charge on any atom is -0.326 e. The molecule has 32 heavy (non-hydrogen) atoms. The van der Waals surface area contributed by atoms with Crippen LogP contribution in [-0.2, 0) is 24.8 Å². The van der Waals surface area contributed by atoms with Crippen molar-refractivity contribution in [1.29, 1.82) is 0 Å². The van der Waals surface area contributed by atoms with E-state index in [-0.39, 0.29) is 29.8 Å². The van der Waals surface area contributed by atoms with E-state index in [1.54, 1.807) is 60.3 Å². The lowest BCUT2D eigenvalue weighted by Crippen LogP contribution is -2.41. The molecule has 0 saturated carbocycles. The molecule has 0 bridgehead atoms. The van der Waals surface area contributed by atoms with E-state index in [4.69, 9.17) is 0 Å². The number of amides is 1. The third-order valence-electron chi connectivity index (χ3n) is 5.50. The maximum Gasteiger partial charge on any atom is 0.243 e. The van der Waals surface area contributed by atoms with Gasteiger partial charge >= 0.3 is 0 Å². The Morgan fingerprint density at radius 2 is 1.69 bits per heavy atom. The van der Waals surface area contributed by atoms with Gasteiger partial charge in [-0.1, -0.05) is 6.07 Å². The summed E-state index contributed by atoms with van der Waals surface area (Å²) in [4.78, 5) is 14.0. The zero-order valence-electron chi connectivity index (χ0n) is 18.2. The second kappa shape index (κ2) is 9.82. The molecule has 174 valence electrons. The standard InChI is InChI=1S/C21H27N3O5S3/c1-23(31(3,26)27)18-6-4-5-17(15-18)22-21(25)16-11-13-24(14-12-16)32(28,29)20-9-7-19(30-2)8-10-20/h4-10,15-16H,11-14H2,1-3H3,(H,22,25). The van der Waals surface area contributed by atoms with Crippen LogP contribution >= 0.6 is 11.8 Å². The van der Waals surface area contributed by atoms with Gasteiger partial charge in [0.05, 0.1) is 16.8 Å². The van der Waals surface area contributed by atoms with Gasteiger partial charge in [0.2, 0.25) is 26.0 Å². The second-order valence-corrected chi connectivity index (χ2v) is 12.5. The lowest BCUT2D eigenvalue weighted by Gasteiger charge is -2.30. The Morgan fingerprint density at radius 1 is 1.06 bits per heavy atom. The minimum absolute atomic E-state index is 0.203. The molecule has 1 fully saturated rings. The average Bonchev–Trinajstić information content (AvgIpc) is 2.78. The number of nitrogens with zero attached hydrogens (tertiary/aromatic N) is 2. The molecule has 0 aliphatic carbocycles. The largest absolute Gasteiger partial charge is 0.326 e. The van der Waals surface area contributed by atoms with E-state index in [2.05, 4.69) is 5.32 Å². The summed E-state index contributed by atoms with van der Waals surface area (Å²) >= 11 is 1.55. The predicted octanol–water partition coefficient (Wildman–Crippen LogP) is 2.84. The van der Waals surface area contributed by atoms with Gasteiger partial charge < -0.3 is 5.32 Å². The summed E-state index contributed by atoms with van der Waals surface area (Å²) in [6.45, 7) is 0.531. The van der Waals surface area contributed by atoms with Crippen molar-refractivity contribution >= 4 is 49.1 Å². The quantitative estimate of drug-likeness (QED) is 0.590. The normalized spacial score (nSPS) is 16.0. The maximum atomic E-state index is 12.9. The van der Waals surface area contributed by atoms with Crippen LogP contribution < -0.4 is 9.62 Å². The van der Waals surface area contributed by atoms with Crippen LogP contribution in [0.25, 0.3) is 0 Å². The zero-order valence-corrected chi connectivity index (χ0v) is 20.6. The molecular weight excluding hydrogens is 470 g/mol. The van der Waals surface area contributed by atoms with Crippen LogP contribution in [0.4, 0.5) is 11.4 Å². The lowest BCUT2D eigenvalue weighted by molar-refractivity contribution is -0.120. The first-order valence-corrected chi connectivity index (χ1v) is 14.5. The molecule has 2 aromatic carbocycles. The average molecular weight is 498 g/mol. The number of hydrogen-bond donors (Lipinski definition) is 1. The van der Waals surface area contributed by atoms with Crippen LogP contribution in [0.3, 0.4) is 0 Å². The molecule has 1 heterocycles. The van der Waals surface area contributed by atoms with Gasteiger partial charge in [-0.3, -0.25) is 9.10 Å². The monoisotopic (exact) mass is 497 g/mol. The lowest BCUT2D eigenvalue weighted by atomic mass is 9.97. The highest BCUT2D eigenvalue weighted by Crippen LogP contribution is 2.27. The smallest absolute Gasteiger partial charge is 0.243 e. The molecule has 1 saturated heterocycles. The minimum atomic E-state index is -3.59. The molecular formula is C21H27N3O5S3. The summed E-state index contributed by atoms with van der Waals surface area (Å²) in [6.07, 6.45) is 3.87. The van der Waals surface area contributed by atoms with Crippen molar-refractivity contribution < 1.29 is 21.6 Å². The second-order valence-electron chi connectivity index (χ2n) is 7.62. The number of piperidine rings is 1. The summed E-state index contributed by atoms with van der Waals surface area (Å²) in [5.41, 5.74) is 0.936. The Bertz CT molecular complexity index is 1170. The number of sulfonamides is 2. The first-order valence-electron chi connectivity index (χ1n) is 10.0. The van der Waals surface area contributed by atoms with Gasteiger partial charge in [-0.05, 0) is 61.6 Å². The fraction of sp³-hybridized carbons (Fsp3) is 0.381. The summed E-state index contributed by atoms with van der Waals surface area (Å²) in [6, 6.07) is 13.4. The van der Waals surface area contributed by atoms with Gasteiger partial charge in [0.15, 0.2) is 0 Å². The van der Waals surface area contributed by atoms with Crippen molar-refractivity contribution in [2.75, 3.05) is 42.3 Å². The number of thioether (sulfide) groups is 1. The highest BCUT2D eigenvalue weighted by Gasteiger charge is 2.32. The molecule has 0 aromatic heterocycles. The van der Waals surface area contributed by atoms with Gasteiger partial charge in [-0.15, -0.1) is 11.8 Å². The van der Waals surface area contributed by atoms with Crippen LogP contribution in [0.2, 0.25) is 0 Å². The maximum absolute atomic E-state index is 12.9. The Balaban J connectivity index is 1.62. The molecule has 2 aromatic rings. The van der Waals surface area contributed by atoms with Crippen molar-refractivity contribution in [2.45, 2.75) is 22.6 Å². The molecule has 0 radical (unpaired) electrons. The number of benzene rings is 2. The fourth-order valence-electron chi connectivity index (χ4n) is 3.47. The molecule has 3 rings (SSSR count). The van der Waals surface area contributed by atoms with Crippen LogP contribution in [0.15, 0.2) is 58.3 Å². The summed E-state index contributed by atoms with van der Waals surface area (Å²) in [5, 5.41) is 2.83. The molecule has 1 amide bonds. The van der Waals surface area contributed by atoms with E-state index in [9.17, 15) is 21.6 Å². The number of carbonyl (C=O) groups excluding carboxylic acids is 1. The Labute approximate surface area is 194 Å². The van der Waals surface area contributed by atoms with E-state index < -0.39 is 20.0 Å². The number of hydrogen-bond acceptors (Lipinski definition) is 6. The first-order chi connectivity index (χ1) is 15.0. The third-order valence-corrected chi connectivity index (χ3v) is 9.36. The van der Waals surface area contributed by atoms with Crippen LogP contribution in [0, 0.1) is 5.92 Å². The number of rotatable bonds is 7. The van der Waals surface area contributed by atoms with Gasteiger partial charge in [0, 0.05) is 36.6 Å². The van der Waals surface area contributed by atoms with E-state index >= 15 is 0 Å². The highest BCUT2D eigenvalue weighted by molar-refractivity contribution is 7.98. The molecule has 1 aliphatic rings. The van der Waals surface area contributed by atoms with Gasteiger partial charge in [-0.2, -0.15) is 4.31 Å². The van der Waals surface area contributed by atoms with Crippen molar-refractivity contribution in [3.8, 4) is 0 Å². The van der Waals surface area contributed by atoms with E-state index in [1.807, 2.05) is 6.26 Å². The van der Waals surface area contributed by atoms with Crippen LogP contribution in [0.5, 0.6) is 0 Å². The van der Waals surface area contributed by atoms with Crippen LogP contribution in [0.1, 0.15) is 12.8 Å². The first kappa shape index (κ1) is 24.6. The molecule has 1 aliphatic heterocycles. The highest BCUT2D eigenvalue weighted by atomic mass is 32.2. The van der Waals surface area contributed by atoms with Crippen molar-refractivity contribution in [1.82, 2.24) is 4.31 Å². The van der Waals surface area contributed by atoms with E-state index in [1.165, 1.54) is 11.4 Å². The predicted molar refractivity (Wildman–Crippen MR) is 128 cm³/mol. The number of carbonyl (C=O) groups is 1. The van der Waals surface area contributed by atoms with Crippen LogP contribution in [-0.4, -0.2) is 59.7 Å². The topological polar surface area (TPSA) is 104 Å². The number of anilines is 2. The van der Waals surface area contributed by atoms with Crippen molar-refractivity contribution in [3.05, 3.63) is 48.5 Å². The molecule has 0 spiro atoms. The third kappa shape index (κ3) is 5.64. The molecule has 8 nitrogen and oxygen atoms in total. The number of nitrogens with one attached hydrogen (secondary N) is 1. The SMILES string of the molecule is CSc1ccc(S(=O)(=O)N2CCC(C(=O)Nc3cccc(N(C)S(C)(=O)=O)c3)CC2)cc1. The van der Waals surface area contributed by atoms with Crippen molar-refractivity contribution in [3.63, 3.8) is 0 Å². The molecule has 1 N–H and O–H groups in total. The molecule has 0 atom stereocenters. The Morgan fingerprint density at radius 3 is 2.25 bits per heavy atom. The van der Waals surface area contributed by atoms with E-state index in [0.29, 0.717) is 24.2 Å².